The normalized spacial score (nSPS) is 17.1. The first-order valence-corrected chi connectivity index (χ1v) is 9.37. The summed E-state index contributed by atoms with van der Waals surface area (Å²) in [6.07, 6.45) is 1.71. The Morgan fingerprint density at radius 2 is 2.08 bits per heavy atom. The lowest BCUT2D eigenvalue weighted by Gasteiger charge is -2.33. The maximum absolute atomic E-state index is 13.0. The van der Waals surface area contributed by atoms with E-state index in [4.69, 9.17) is 9.47 Å². The predicted octanol–water partition coefficient (Wildman–Crippen LogP) is 3.55. The van der Waals surface area contributed by atoms with E-state index in [2.05, 4.69) is 25.9 Å². The van der Waals surface area contributed by atoms with Crippen molar-refractivity contribution in [3.63, 3.8) is 0 Å². The highest BCUT2D eigenvalue weighted by molar-refractivity contribution is 9.10. The van der Waals surface area contributed by atoms with Gasteiger partial charge in [-0.25, -0.2) is 4.98 Å². The Hall–Kier alpha value is -2.15. The molecule has 138 valence electrons. The lowest BCUT2D eigenvalue weighted by atomic mass is 10.1. The van der Waals surface area contributed by atoms with Gasteiger partial charge in [0.1, 0.15) is 17.7 Å². The van der Waals surface area contributed by atoms with Crippen LogP contribution in [0.1, 0.15) is 34.7 Å². The first-order chi connectivity index (χ1) is 12.5. The lowest BCUT2D eigenvalue weighted by molar-refractivity contribution is 0.0525. The highest BCUT2D eigenvalue weighted by atomic mass is 79.9. The second kappa shape index (κ2) is 8.03. The van der Waals surface area contributed by atoms with E-state index in [9.17, 15) is 4.79 Å². The van der Waals surface area contributed by atoms with Crippen LogP contribution in [0.15, 0.2) is 28.7 Å². The van der Waals surface area contributed by atoms with Crippen LogP contribution in [0.2, 0.25) is 0 Å². The number of benzene rings is 1. The maximum Gasteiger partial charge on any atom is 0.255 e. The quantitative estimate of drug-likeness (QED) is 0.757. The lowest BCUT2D eigenvalue weighted by Crippen LogP contribution is -2.44. The summed E-state index contributed by atoms with van der Waals surface area (Å²) in [5.74, 6) is 1.88. The molecule has 2 heterocycles. The van der Waals surface area contributed by atoms with Gasteiger partial charge in [0.05, 0.1) is 19.2 Å². The average Bonchev–Trinajstić information content (AvgIpc) is 2.61. The molecule has 2 aromatic rings. The van der Waals surface area contributed by atoms with Gasteiger partial charge in [0, 0.05) is 22.8 Å². The summed E-state index contributed by atoms with van der Waals surface area (Å²) in [4.78, 5) is 23.4. The van der Waals surface area contributed by atoms with E-state index in [1.165, 1.54) is 0 Å². The number of nitrogens with zero attached hydrogens (tertiary/aromatic N) is 3. The van der Waals surface area contributed by atoms with Gasteiger partial charge in [0.2, 0.25) is 5.88 Å². The number of ether oxygens (including phenoxy) is 2. The van der Waals surface area contributed by atoms with E-state index < -0.39 is 0 Å². The topological polar surface area (TPSA) is 64.5 Å². The molecule has 1 saturated heterocycles. The molecule has 26 heavy (non-hydrogen) atoms. The fourth-order valence-electron chi connectivity index (χ4n) is 3.10. The molecule has 1 aliphatic rings. The van der Waals surface area contributed by atoms with Gasteiger partial charge < -0.3 is 14.4 Å². The van der Waals surface area contributed by atoms with Crippen LogP contribution in [0.25, 0.3) is 0 Å². The van der Waals surface area contributed by atoms with Crippen LogP contribution in [0.3, 0.4) is 0 Å². The minimum absolute atomic E-state index is 0.0286. The van der Waals surface area contributed by atoms with E-state index in [-0.39, 0.29) is 12.0 Å². The van der Waals surface area contributed by atoms with Gasteiger partial charge >= 0.3 is 0 Å². The monoisotopic (exact) mass is 419 g/mol. The van der Waals surface area contributed by atoms with Crippen molar-refractivity contribution in [2.75, 3.05) is 20.2 Å². The second-order valence-electron chi connectivity index (χ2n) is 6.37. The van der Waals surface area contributed by atoms with E-state index in [0.29, 0.717) is 36.1 Å². The molecule has 6 nitrogen and oxygen atoms in total. The number of hydrogen-bond donors (Lipinski definition) is 0. The van der Waals surface area contributed by atoms with Crippen LogP contribution in [0, 0.1) is 13.8 Å². The zero-order valence-electron chi connectivity index (χ0n) is 15.2. The molecule has 1 aromatic carbocycles. The van der Waals surface area contributed by atoms with Crippen LogP contribution in [-0.4, -0.2) is 47.1 Å². The third kappa shape index (κ3) is 4.33. The van der Waals surface area contributed by atoms with E-state index >= 15 is 0 Å². The van der Waals surface area contributed by atoms with Crippen molar-refractivity contribution in [1.82, 2.24) is 14.9 Å². The molecule has 3 rings (SSSR count). The minimum atomic E-state index is -0.0780. The number of piperidine rings is 1. The van der Waals surface area contributed by atoms with Crippen molar-refractivity contribution in [2.45, 2.75) is 32.8 Å². The highest BCUT2D eigenvalue weighted by Gasteiger charge is 2.27. The molecule has 0 saturated carbocycles. The summed E-state index contributed by atoms with van der Waals surface area (Å²) >= 11 is 3.46. The Morgan fingerprint density at radius 1 is 1.27 bits per heavy atom. The maximum atomic E-state index is 13.0. The number of likely N-dealkylation sites (tertiary alicyclic amines) is 1. The van der Waals surface area contributed by atoms with Crippen LogP contribution in [-0.2, 0) is 0 Å². The predicted molar refractivity (Wildman–Crippen MR) is 102 cm³/mol. The molecule has 1 unspecified atom stereocenters. The van der Waals surface area contributed by atoms with Crippen molar-refractivity contribution >= 4 is 21.8 Å². The summed E-state index contributed by atoms with van der Waals surface area (Å²) in [7, 11) is 1.59. The molecule has 0 bridgehead atoms. The second-order valence-corrected chi connectivity index (χ2v) is 7.23. The minimum Gasteiger partial charge on any atom is -0.497 e. The number of halogens is 1. The standard InChI is InChI=1S/C19H22BrN3O3/c1-12-9-18(22-13(2)21-12)26-15-5-4-8-23(11-15)19(24)16-10-14(25-3)6-7-17(16)20/h6-7,9-10,15H,4-5,8,11H2,1-3H3. The average molecular weight is 420 g/mol. The number of aromatic nitrogens is 2. The highest BCUT2D eigenvalue weighted by Crippen LogP contribution is 2.26. The molecule has 0 radical (unpaired) electrons. The number of methoxy groups -OCH3 is 1. The van der Waals surface area contributed by atoms with Gasteiger partial charge in [-0.3, -0.25) is 4.79 Å². The number of hydrogen-bond acceptors (Lipinski definition) is 5. The van der Waals surface area contributed by atoms with Gasteiger partial charge in [0.25, 0.3) is 5.91 Å². The largest absolute Gasteiger partial charge is 0.497 e. The molecule has 1 fully saturated rings. The van der Waals surface area contributed by atoms with Crippen LogP contribution < -0.4 is 9.47 Å². The fraction of sp³-hybridized carbons (Fsp3) is 0.421. The van der Waals surface area contributed by atoms with Crippen molar-refractivity contribution in [2.24, 2.45) is 0 Å². The Kier molecular flexibility index (Phi) is 5.76. The third-order valence-electron chi connectivity index (χ3n) is 4.30. The fourth-order valence-corrected chi connectivity index (χ4v) is 3.51. The summed E-state index contributed by atoms with van der Waals surface area (Å²) in [6, 6.07) is 7.24. The van der Waals surface area contributed by atoms with Crippen molar-refractivity contribution in [3.05, 3.63) is 45.8 Å². The summed E-state index contributed by atoms with van der Waals surface area (Å²) < 4.78 is 12.0. The summed E-state index contributed by atoms with van der Waals surface area (Å²) in [5, 5.41) is 0. The number of carbonyl (C=O) groups excluding carboxylic acids is 1. The van der Waals surface area contributed by atoms with Crippen LogP contribution in [0.4, 0.5) is 0 Å². The molecule has 1 atom stereocenters. The molecule has 1 aliphatic heterocycles. The van der Waals surface area contributed by atoms with Gasteiger partial charge in [-0.1, -0.05) is 0 Å². The number of rotatable bonds is 4. The molecule has 1 aromatic heterocycles. The number of carbonyl (C=O) groups is 1. The van der Waals surface area contributed by atoms with Gasteiger partial charge in [-0.2, -0.15) is 4.98 Å². The Labute approximate surface area is 161 Å². The summed E-state index contributed by atoms with van der Waals surface area (Å²) in [5.41, 5.74) is 1.47. The smallest absolute Gasteiger partial charge is 0.255 e. The molecule has 0 aliphatic carbocycles. The summed E-state index contributed by atoms with van der Waals surface area (Å²) in [6.45, 7) is 5.00. The van der Waals surface area contributed by atoms with E-state index in [1.807, 2.05) is 36.9 Å². The molecule has 0 spiro atoms. The zero-order chi connectivity index (χ0) is 18.7. The van der Waals surface area contributed by atoms with Gasteiger partial charge in [-0.15, -0.1) is 0 Å². The Balaban J connectivity index is 1.72. The molecular weight excluding hydrogens is 398 g/mol. The molecular formula is C19H22BrN3O3. The number of aryl methyl sites for hydroxylation is 2. The third-order valence-corrected chi connectivity index (χ3v) is 4.99. The van der Waals surface area contributed by atoms with Crippen molar-refractivity contribution < 1.29 is 14.3 Å². The number of amides is 1. The van der Waals surface area contributed by atoms with Crippen LogP contribution in [0.5, 0.6) is 11.6 Å². The Bertz CT molecular complexity index is 792. The molecule has 1 amide bonds. The van der Waals surface area contributed by atoms with Crippen LogP contribution >= 0.6 is 15.9 Å². The SMILES string of the molecule is COc1ccc(Br)c(C(=O)N2CCCC(Oc3cc(C)nc(C)n3)C2)c1. The van der Waals surface area contributed by atoms with E-state index in [0.717, 1.165) is 23.0 Å². The first-order valence-electron chi connectivity index (χ1n) is 8.58. The molecule has 7 heteroatoms. The van der Waals surface area contributed by atoms with Crippen molar-refractivity contribution in [3.8, 4) is 11.6 Å². The molecule has 0 N–H and O–H groups in total. The van der Waals surface area contributed by atoms with Gasteiger partial charge in [0.15, 0.2) is 0 Å². The van der Waals surface area contributed by atoms with E-state index in [1.54, 1.807) is 13.2 Å². The van der Waals surface area contributed by atoms with Crippen molar-refractivity contribution in [1.29, 1.82) is 0 Å². The first kappa shape index (κ1) is 18.6. The zero-order valence-corrected chi connectivity index (χ0v) is 16.7. The van der Waals surface area contributed by atoms with Gasteiger partial charge in [-0.05, 0) is 60.8 Å². The Morgan fingerprint density at radius 3 is 2.81 bits per heavy atom.